The molecule has 0 N–H and O–H groups in total. The highest BCUT2D eigenvalue weighted by Crippen LogP contribution is 2.29. The van der Waals surface area contributed by atoms with Gasteiger partial charge in [-0.1, -0.05) is 41.9 Å². The smallest absolute Gasteiger partial charge is 0.128 e. The molecule has 1 unspecified atom stereocenters. The Morgan fingerprint density at radius 3 is 2.62 bits per heavy atom. The monoisotopic (exact) mass is 318 g/mol. The van der Waals surface area contributed by atoms with E-state index < -0.39 is 0 Å². The molecule has 0 amide bonds. The van der Waals surface area contributed by atoms with Crippen molar-refractivity contribution in [2.75, 3.05) is 0 Å². The van der Waals surface area contributed by atoms with E-state index in [1.54, 1.807) is 0 Å². The molecule has 1 aromatic heterocycles. The largest absolute Gasteiger partial charge is 0.322 e. The van der Waals surface area contributed by atoms with Gasteiger partial charge in [-0.25, -0.2) is 4.98 Å². The van der Waals surface area contributed by atoms with Gasteiger partial charge in [0.1, 0.15) is 11.3 Å². The number of aryl methyl sites for hydroxylation is 1. The third kappa shape index (κ3) is 2.66. The Balaban J connectivity index is 2.19. The lowest BCUT2D eigenvalue weighted by atomic mass is 10.1. The van der Waals surface area contributed by atoms with Gasteiger partial charge in [0.2, 0.25) is 0 Å². The highest BCUT2D eigenvalue weighted by molar-refractivity contribution is 6.35. The zero-order valence-electron chi connectivity index (χ0n) is 12.0. The van der Waals surface area contributed by atoms with Crippen LogP contribution < -0.4 is 0 Å². The van der Waals surface area contributed by atoms with E-state index in [1.165, 1.54) is 11.1 Å². The maximum absolute atomic E-state index is 6.31. The Morgan fingerprint density at radius 1 is 1.14 bits per heavy atom. The number of alkyl halides is 1. The van der Waals surface area contributed by atoms with Crippen LogP contribution in [-0.4, -0.2) is 9.55 Å². The minimum absolute atomic E-state index is 0.169. The van der Waals surface area contributed by atoms with Crippen molar-refractivity contribution in [2.24, 2.45) is 0 Å². The fourth-order valence-electron chi connectivity index (χ4n) is 2.56. The van der Waals surface area contributed by atoms with E-state index in [0.717, 1.165) is 23.4 Å². The second-order valence-electron chi connectivity index (χ2n) is 5.21. The Bertz CT molecular complexity index is 791. The number of imidazole rings is 1. The summed E-state index contributed by atoms with van der Waals surface area (Å²) in [6, 6.07) is 14.2. The van der Waals surface area contributed by atoms with Crippen LogP contribution in [0.5, 0.6) is 0 Å². The van der Waals surface area contributed by atoms with Crippen LogP contribution in [-0.2, 0) is 6.54 Å². The van der Waals surface area contributed by atoms with Crippen molar-refractivity contribution in [1.82, 2.24) is 9.55 Å². The summed E-state index contributed by atoms with van der Waals surface area (Å²) in [4.78, 5) is 4.64. The molecule has 2 nitrogen and oxygen atoms in total. The average Bonchev–Trinajstić information content (AvgIpc) is 2.82. The molecule has 0 spiro atoms. The van der Waals surface area contributed by atoms with Crippen molar-refractivity contribution < 1.29 is 0 Å². The second-order valence-corrected chi connectivity index (χ2v) is 6.27. The van der Waals surface area contributed by atoms with Crippen LogP contribution in [0, 0.1) is 6.92 Å². The number of hydrogen-bond donors (Lipinski definition) is 0. The molecular weight excluding hydrogens is 303 g/mol. The van der Waals surface area contributed by atoms with Crippen LogP contribution in [0.25, 0.3) is 11.0 Å². The number of benzene rings is 2. The van der Waals surface area contributed by atoms with Crippen molar-refractivity contribution >= 4 is 34.2 Å². The molecule has 2 aromatic carbocycles. The molecule has 4 heteroatoms. The summed E-state index contributed by atoms with van der Waals surface area (Å²) in [5.74, 6) is 0.850. The van der Waals surface area contributed by atoms with Crippen LogP contribution in [0.4, 0.5) is 0 Å². The van der Waals surface area contributed by atoms with Crippen molar-refractivity contribution in [2.45, 2.75) is 25.8 Å². The topological polar surface area (TPSA) is 17.8 Å². The van der Waals surface area contributed by atoms with E-state index in [0.29, 0.717) is 5.02 Å². The van der Waals surface area contributed by atoms with Crippen molar-refractivity contribution in [3.05, 3.63) is 64.4 Å². The first-order valence-corrected chi connectivity index (χ1v) is 7.72. The predicted octanol–water partition coefficient (Wildman–Crippen LogP) is 5.35. The number of rotatable bonds is 3. The first-order valence-electron chi connectivity index (χ1n) is 6.91. The minimum atomic E-state index is -0.169. The molecule has 1 heterocycles. The van der Waals surface area contributed by atoms with Gasteiger partial charge in [0.05, 0.1) is 15.9 Å². The van der Waals surface area contributed by atoms with Gasteiger partial charge in [-0.2, -0.15) is 0 Å². The first kappa shape index (κ1) is 14.4. The molecule has 0 aliphatic heterocycles. The SMILES string of the molecule is Cc1ccccc1Cn1c(C(C)Cl)nc2c(Cl)cccc21. The molecule has 3 aromatic rings. The van der Waals surface area contributed by atoms with Crippen LogP contribution in [0.3, 0.4) is 0 Å². The van der Waals surface area contributed by atoms with Crippen LogP contribution in [0.15, 0.2) is 42.5 Å². The summed E-state index contributed by atoms with van der Waals surface area (Å²) in [6.07, 6.45) is 0. The summed E-state index contributed by atoms with van der Waals surface area (Å²) in [5, 5.41) is 0.493. The number of hydrogen-bond acceptors (Lipinski definition) is 1. The van der Waals surface area contributed by atoms with E-state index in [1.807, 2.05) is 31.2 Å². The molecule has 0 saturated heterocycles. The van der Waals surface area contributed by atoms with Gasteiger partial charge >= 0.3 is 0 Å². The van der Waals surface area contributed by atoms with Gasteiger partial charge < -0.3 is 4.57 Å². The van der Waals surface area contributed by atoms with Crippen LogP contribution >= 0.6 is 23.2 Å². The fourth-order valence-corrected chi connectivity index (χ4v) is 2.94. The Hall–Kier alpha value is -1.51. The molecule has 108 valence electrons. The standard InChI is InChI=1S/C17H16Cl2N2/c1-11-6-3-4-7-13(11)10-21-15-9-5-8-14(19)16(15)20-17(21)12(2)18/h3-9,12H,10H2,1-2H3. The van der Waals surface area contributed by atoms with E-state index in [2.05, 4.69) is 34.7 Å². The van der Waals surface area contributed by atoms with Gasteiger partial charge in [0, 0.05) is 6.54 Å². The lowest BCUT2D eigenvalue weighted by Gasteiger charge is -2.12. The Labute approximate surface area is 134 Å². The predicted molar refractivity (Wildman–Crippen MR) is 89.3 cm³/mol. The van der Waals surface area contributed by atoms with E-state index in [9.17, 15) is 0 Å². The molecule has 0 fully saturated rings. The fraction of sp³-hybridized carbons (Fsp3) is 0.235. The van der Waals surface area contributed by atoms with Gasteiger partial charge in [-0.15, -0.1) is 11.6 Å². The van der Waals surface area contributed by atoms with Gasteiger partial charge in [0.15, 0.2) is 0 Å². The number of halogens is 2. The summed E-state index contributed by atoms with van der Waals surface area (Å²) in [6.45, 7) is 4.80. The normalized spacial score (nSPS) is 12.8. The zero-order chi connectivity index (χ0) is 15.0. The minimum Gasteiger partial charge on any atom is -0.322 e. The molecule has 21 heavy (non-hydrogen) atoms. The van der Waals surface area contributed by atoms with E-state index in [-0.39, 0.29) is 5.38 Å². The average molecular weight is 319 g/mol. The van der Waals surface area contributed by atoms with E-state index in [4.69, 9.17) is 23.2 Å². The molecule has 0 bridgehead atoms. The second kappa shape index (κ2) is 5.70. The van der Waals surface area contributed by atoms with Gasteiger partial charge in [-0.3, -0.25) is 0 Å². The molecule has 0 radical (unpaired) electrons. The van der Waals surface area contributed by atoms with Crippen LogP contribution in [0.2, 0.25) is 5.02 Å². The third-order valence-corrected chi connectivity index (χ3v) is 4.20. The summed E-state index contributed by atoms with van der Waals surface area (Å²) >= 11 is 12.6. The summed E-state index contributed by atoms with van der Waals surface area (Å²) in [7, 11) is 0. The molecule has 0 saturated carbocycles. The molecular formula is C17H16Cl2N2. The number of aromatic nitrogens is 2. The quantitative estimate of drug-likeness (QED) is 0.595. The lowest BCUT2D eigenvalue weighted by molar-refractivity contribution is 0.739. The zero-order valence-corrected chi connectivity index (χ0v) is 13.5. The number of fused-ring (bicyclic) bond motifs is 1. The van der Waals surface area contributed by atoms with Gasteiger partial charge in [-0.05, 0) is 37.1 Å². The number of nitrogens with zero attached hydrogens (tertiary/aromatic N) is 2. The number of para-hydroxylation sites is 1. The van der Waals surface area contributed by atoms with Gasteiger partial charge in [0.25, 0.3) is 0 Å². The third-order valence-electron chi connectivity index (χ3n) is 3.70. The van der Waals surface area contributed by atoms with E-state index >= 15 is 0 Å². The molecule has 0 aliphatic carbocycles. The molecule has 3 rings (SSSR count). The maximum Gasteiger partial charge on any atom is 0.128 e. The van der Waals surface area contributed by atoms with Crippen molar-refractivity contribution in [3.63, 3.8) is 0 Å². The Morgan fingerprint density at radius 2 is 1.90 bits per heavy atom. The maximum atomic E-state index is 6.31. The molecule has 1 atom stereocenters. The highest BCUT2D eigenvalue weighted by Gasteiger charge is 2.17. The Kier molecular flexibility index (Phi) is 3.92. The molecule has 0 aliphatic rings. The lowest BCUT2D eigenvalue weighted by Crippen LogP contribution is -2.06. The summed E-state index contributed by atoms with van der Waals surface area (Å²) in [5.41, 5.74) is 4.35. The first-order chi connectivity index (χ1) is 10.1. The summed E-state index contributed by atoms with van der Waals surface area (Å²) < 4.78 is 2.15. The van der Waals surface area contributed by atoms with Crippen molar-refractivity contribution in [3.8, 4) is 0 Å². The van der Waals surface area contributed by atoms with Crippen molar-refractivity contribution in [1.29, 1.82) is 0 Å². The highest BCUT2D eigenvalue weighted by atomic mass is 35.5. The van der Waals surface area contributed by atoms with Crippen LogP contribution in [0.1, 0.15) is 29.3 Å².